The Balaban J connectivity index is 2.13. The lowest BCUT2D eigenvalue weighted by Gasteiger charge is -2.37. The van der Waals surface area contributed by atoms with Crippen LogP contribution >= 0.6 is 0 Å². The van der Waals surface area contributed by atoms with E-state index < -0.39 is 15.4 Å². The number of nitrogens with one attached hydrogen (secondary N) is 1. The Morgan fingerprint density at radius 3 is 2.48 bits per heavy atom. The standard InChI is InChI=1S/C14H26N2O4S/c1-4-15-14(11-5-6-11,13(17)20-3)10-16(2)12-7-8-21(18,19)9-12/h11-12,15H,4-10H2,1-3H3. The van der Waals surface area contributed by atoms with Crippen LogP contribution in [0.3, 0.4) is 0 Å². The molecule has 0 spiro atoms. The molecular weight excluding hydrogens is 292 g/mol. The molecule has 21 heavy (non-hydrogen) atoms. The summed E-state index contributed by atoms with van der Waals surface area (Å²) < 4.78 is 28.3. The van der Waals surface area contributed by atoms with Gasteiger partial charge in [0.1, 0.15) is 5.54 Å². The van der Waals surface area contributed by atoms with Gasteiger partial charge in [0.2, 0.25) is 0 Å². The molecule has 0 amide bonds. The van der Waals surface area contributed by atoms with Crippen molar-refractivity contribution in [3.8, 4) is 0 Å². The number of hydrogen-bond donors (Lipinski definition) is 1. The zero-order valence-corrected chi connectivity index (χ0v) is 13.9. The summed E-state index contributed by atoms with van der Waals surface area (Å²) in [5, 5.41) is 3.32. The molecule has 2 aliphatic rings. The maximum Gasteiger partial charge on any atom is 0.327 e. The molecule has 7 heteroatoms. The van der Waals surface area contributed by atoms with Crippen molar-refractivity contribution in [3.63, 3.8) is 0 Å². The van der Waals surface area contributed by atoms with E-state index in [4.69, 9.17) is 4.74 Å². The SMILES string of the molecule is CCNC(CN(C)C1CCS(=O)(=O)C1)(C(=O)OC)C1CC1. The number of likely N-dealkylation sites (N-methyl/N-ethyl adjacent to an activating group) is 2. The molecule has 0 aromatic carbocycles. The molecular formula is C14H26N2O4S. The maximum absolute atomic E-state index is 12.4. The molecule has 6 nitrogen and oxygen atoms in total. The van der Waals surface area contributed by atoms with Crippen LogP contribution in [0.25, 0.3) is 0 Å². The number of ether oxygens (including phenoxy) is 1. The number of esters is 1. The van der Waals surface area contributed by atoms with Gasteiger partial charge in [-0.05, 0) is 38.8 Å². The van der Waals surface area contributed by atoms with E-state index in [1.165, 1.54) is 7.11 Å². The third-order valence-electron chi connectivity index (χ3n) is 4.65. The molecule has 0 aromatic rings. The molecule has 122 valence electrons. The molecule has 1 heterocycles. The lowest BCUT2D eigenvalue weighted by atomic mass is 9.91. The number of hydrogen-bond acceptors (Lipinski definition) is 6. The fourth-order valence-corrected chi connectivity index (χ4v) is 5.16. The number of rotatable bonds is 7. The van der Waals surface area contributed by atoms with Gasteiger partial charge in [-0.1, -0.05) is 6.92 Å². The average molecular weight is 318 g/mol. The van der Waals surface area contributed by atoms with Crippen LogP contribution in [0.2, 0.25) is 0 Å². The van der Waals surface area contributed by atoms with E-state index in [0.717, 1.165) is 12.8 Å². The normalized spacial score (nSPS) is 27.5. The summed E-state index contributed by atoms with van der Waals surface area (Å²) in [5.74, 6) is 0.486. The molecule has 2 unspecified atom stereocenters. The quantitative estimate of drug-likeness (QED) is 0.668. The Bertz CT molecular complexity index is 489. The smallest absolute Gasteiger partial charge is 0.327 e. The van der Waals surface area contributed by atoms with Gasteiger partial charge < -0.3 is 10.1 Å². The Hall–Kier alpha value is -0.660. The van der Waals surface area contributed by atoms with Crippen LogP contribution in [-0.2, 0) is 19.4 Å². The van der Waals surface area contributed by atoms with E-state index in [0.29, 0.717) is 19.5 Å². The lowest BCUT2D eigenvalue weighted by molar-refractivity contribution is -0.150. The zero-order chi connectivity index (χ0) is 15.7. The minimum absolute atomic E-state index is 0.00330. The first-order chi connectivity index (χ1) is 9.84. The first kappa shape index (κ1) is 16.7. The van der Waals surface area contributed by atoms with Gasteiger partial charge in [0.25, 0.3) is 0 Å². The Morgan fingerprint density at radius 1 is 1.38 bits per heavy atom. The van der Waals surface area contributed by atoms with Crippen LogP contribution in [-0.4, -0.2) is 69.6 Å². The van der Waals surface area contributed by atoms with Gasteiger partial charge in [0.05, 0.1) is 18.6 Å². The lowest BCUT2D eigenvalue weighted by Crippen LogP contribution is -2.61. The van der Waals surface area contributed by atoms with E-state index >= 15 is 0 Å². The van der Waals surface area contributed by atoms with Crippen molar-refractivity contribution in [2.75, 3.05) is 38.8 Å². The van der Waals surface area contributed by atoms with Crippen LogP contribution in [0.5, 0.6) is 0 Å². The van der Waals surface area contributed by atoms with Crippen molar-refractivity contribution in [3.05, 3.63) is 0 Å². The van der Waals surface area contributed by atoms with Gasteiger partial charge in [-0.15, -0.1) is 0 Å². The highest BCUT2D eigenvalue weighted by Crippen LogP contribution is 2.41. The van der Waals surface area contributed by atoms with E-state index in [1.807, 2.05) is 18.9 Å². The molecule has 0 bridgehead atoms. The van der Waals surface area contributed by atoms with E-state index in [9.17, 15) is 13.2 Å². The molecule has 2 fully saturated rings. The molecule has 2 atom stereocenters. The van der Waals surface area contributed by atoms with Crippen molar-refractivity contribution < 1.29 is 17.9 Å². The van der Waals surface area contributed by atoms with E-state index in [-0.39, 0.29) is 29.4 Å². The number of carbonyl (C=O) groups excluding carboxylic acids is 1. The predicted octanol–water partition coefficient (Wildman–Crippen LogP) is 0.0366. The van der Waals surface area contributed by atoms with Gasteiger partial charge in [-0.25, -0.2) is 13.2 Å². The highest BCUT2D eigenvalue weighted by molar-refractivity contribution is 7.91. The first-order valence-electron chi connectivity index (χ1n) is 7.58. The maximum atomic E-state index is 12.4. The molecule has 2 rings (SSSR count). The summed E-state index contributed by atoms with van der Waals surface area (Å²) in [6, 6.07) is -0.00330. The van der Waals surface area contributed by atoms with Crippen LogP contribution < -0.4 is 5.32 Å². The molecule has 1 aliphatic carbocycles. The molecule has 1 aliphatic heterocycles. The minimum Gasteiger partial charge on any atom is -0.468 e. The number of carbonyl (C=O) groups is 1. The van der Waals surface area contributed by atoms with Crippen LogP contribution in [0.4, 0.5) is 0 Å². The van der Waals surface area contributed by atoms with Crippen molar-refractivity contribution in [2.45, 2.75) is 37.8 Å². The molecule has 0 radical (unpaired) electrons. The molecule has 0 aromatic heterocycles. The number of nitrogens with zero attached hydrogens (tertiary/aromatic N) is 1. The van der Waals surface area contributed by atoms with Crippen LogP contribution in [0.15, 0.2) is 0 Å². The van der Waals surface area contributed by atoms with Crippen molar-refractivity contribution in [2.24, 2.45) is 5.92 Å². The van der Waals surface area contributed by atoms with Gasteiger partial charge in [0, 0.05) is 12.6 Å². The summed E-state index contributed by atoms with van der Waals surface area (Å²) in [6.45, 7) is 3.15. The van der Waals surface area contributed by atoms with Gasteiger partial charge >= 0.3 is 5.97 Å². The largest absolute Gasteiger partial charge is 0.468 e. The second kappa shape index (κ2) is 6.22. The third-order valence-corrected chi connectivity index (χ3v) is 6.40. The summed E-state index contributed by atoms with van der Waals surface area (Å²) >= 11 is 0. The predicted molar refractivity (Wildman–Crippen MR) is 80.8 cm³/mol. The summed E-state index contributed by atoms with van der Waals surface area (Å²) in [7, 11) is 0.402. The van der Waals surface area contributed by atoms with Crippen molar-refractivity contribution in [1.82, 2.24) is 10.2 Å². The third kappa shape index (κ3) is 3.57. The molecule has 1 N–H and O–H groups in total. The van der Waals surface area contributed by atoms with Crippen molar-refractivity contribution >= 4 is 15.8 Å². The van der Waals surface area contributed by atoms with Gasteiger partial charge in [-0.3, -0.25) is 4.90 Å². The molecule has 1 saturated heterocycles. The first-order valence-corrected chi connectivity index (χ1v) is 9.41. The zero-order valence-electron chi connectivity index (χ0n) is 13.1. The van der Waals surface area contributed by atoms with Crippen molar-refractivity contribution in [1.29, 1.82) is 0 Å². The van der Waals surface area contributed by atoms with E-state index in [2.05, 4.69) is 5.32 Å². The monoisotopic (exact) mass is 318 g/mol. The average Bonchev–Trinajstić information content (AvgIpc) is 3.21. The summed E-state index contributed by atoms with van der Waals surface area (Å²) in [5.41, 5.74) is -0.704. The Kier molecular flexibility index (Phi) is 4.95. The second-order valence-electron chi connectivity index (χ2n) is 6.24. The van der Waals surface area contributed by atoms with Crippen LogP contribution in [0, 0.1) is 5.92 Å². The van der Waals surface area contributed by atoms with Crippen LogP contribution in [0.1, 0.15) is 26.2 Å². The Morgan fingerprint density at radius 2 is 2.05 bits per heavy atom. The van der Waals surface area contributed by atoms with Gasteiger partial charge in [0.15, 0.2) is 9.84 Å². The fraction of sp³-hybridized carbons (Fsp3) is 0.929. The minimum atomic E-state index is -2.92. The Labute approximate surface area is 127 Å². The highest BCUT2D eigenvalue weighted by Gasteiger charge is 2.52. The second-order valence-corrected chi connectivity index (χ2v) is 8.47. The number of sulfone groups is 1. The number of methoxy groups -OCH3 is 1. The topological polar surface area (TPSA) is 75.7 Å². The fourth-order valence-electron chi connectivity index (χ4n) is 3.35. The summed E-state index contributed by atoms with van der Waals surface area (Å²) in [4.78, 5) is 14.4. The molecule has 1 saturated carbocycles. The van der Waals surface area contributed by atoms with Gasteiger partial charge in [-0.2, -0.15) is 0 Å². The highest BCUT2D eigenvalue weighted by atomic mass is 32.2. The van der Waals surface area contributed by atoms with E-state index in [1.54, 1.807) is 0 Å². The summed E-state index contributed by atoms with van der Waals surface area (Å²) in [6.07, 6.45) is 2.67.